The van der Waals surface area contributed by atoms with Crippen molar-refractivity contribution in [1.82, 2.24) is 10.0 Å². The first-order chi connectivity index (χ1) is 15.4. The maximum Gasteiger partial charge on any atom is 0.286 e. The number of nitrogens with zero attached hydrogens (tertiary/aromatic N) is 3. The molecule has 2 unspecified atom stereocenters. The van der Waals surface area contributed by atoms with Gasteiger partial charge in [-0.15, -0.1) is 4.40 Å². The van der Waals surface area contributed by atoms with Gasteiger partial charge < -0.3 is 10.4 Å². The molecule has 11 nitrogen and oxygen atoms in total. The van der Waals surface area contributed by atoms with Gasteiger partial charge in [-0.1, -0.05) is 20.8 Å². The van der Waals surface area contributed by atoms with Gasteiger partial charge in [-0.05, 0) is 42.9 Å². The number of carbonyl (C=O) groups is 1. The number of hydrazine groups is 1. The standard InChI is InChI=1S/C20H27N5O6S2/c1-20(2,3)8-10-25-19(27)16(17(26)14-5-4-9-24(14)25)18-21-13-7-6-12(22-32(28)29)11-15(13)33(30,31)23-18/h6-7,11,14,22,26H,4-5,8-10H2,1-3H3,(H,21,23)(H,28,29). The number of aliphatic hydroxyl groups is 1. The van der Waals surface area contributed by atoms with E-state index in [0.29, 0.717) is 19.5 Å². The van der Waals surface area contributed by atoms with Crippen molar-refractivity contribution in [2.24, 2.45) is 9.81 Å². The number of hydrogen-bond donors (Lipinski definition) is 4. The lowest BCUT2D eigenvalue weighted by molar-refractivity contribution is -0.149. The molecule has 0 bridgehead atoms. The van der Waals surface area contributed by atoms with Gasteiger partial charge in [-0.2, -0.15) is 8.42 Å². The Morgan fingerprint density at radius 2 is 2.06 bits per heavy atom. The largest absolute Gasteiger partial charge is 0.510 e. The molecule has 3 aliphatic heterocycles. The number of aliphatic hydroxyl groups excluding tert-OH is 1. The number of benzene rings is 1. The van der Waals surface area contributed by atoms with Crippen molar-refractivity contribution in [2.75, 3.05) is 23.1 Å². The second kappa shape index (κ2) is 8.38. The summed E-state index contributed by atoms with van der Waals surface area (Å²) in [5.74, 6) is -0.930. The Morgan fingerprint density at radius 1 is 1.33 bits per heavy atom. The van der Waals surface area contributed by atoms with Gasteiger partial charge in [0.05, 0.1) is 11.7 Å². The minimum absolute atomic E-state index is 0.0221. The maximum absolute atomic E-state index is 13.5. The first-order valence-corrected chi connectivity index (χ1v) is 13.1. The zero-order valence-corrected chi connectivity index (χ0v) is 20.2. The summed E-state index contributed by atoms with van der Waals surface area (Å²) < 4.78 is 51.8. The summed E-state index contributed by atoms with van der Waals surface area (Å²) in [5.41, 5.74) is 0.0907. The molecule has 0 radical (unpaired) electrons. The average Bonchev–Trinajstić information content (AvgIpc) is 3.17. The van der Waals surface area contributed by atoms with E-state index in [9.17, 15) is 22.5 Å². The van der Waals surface area contributed by atoms with E-state index >= 15 is 0 Å². The Balaban J connectivity index is 1.73. The Kier molecular flexibility index (Phi) is 6.01. The summed E-state index contributed by atoms with van der Waals surface area (Å²) in [7, 11) is -4.25. The van der Waals surface area contributed by atoms with Crippen molar-refractivity contribution >= 4 is 44.4 Å². The third-order valence-electron chi connectivity index (χ3n) is 5.79. The van der Waals surface area contributed by atoms with Crippen molar-refractivity contribution in [3.05, 3.63) is 29.5 Å². The normalized spacial score (nSPS) is 23.5. The molecule has 1 aromatic carbocycles. The Hall–Kier alpha value is -2.48. The summed E-state index contributed by atoms with van der Waals surface area (Å²) in [4.78, 5) is 13.3. The van der Waals surface area contributed by atoms with Crippen LogP contribution in [0.5, 0.6) is 0 Å². The van der Waals surface area contributed by atoms with Crippen molar-refractivity contribution in [2.45, 2.75) is 51.0 Å². The van der Waals surface area contributed by atoms with Gasteiger partial charge in [0.1, 0.15) is 16.2 Å². The molecule has 2 atom stereocenters. The molecule has 13 heteroatoms. The highest BCUT2D eigenvalue weighted by atomic mass is 32.2. The van der Waals surface area contributed by atoms with Crippen LogP contribution < -0.4 is 10.0 Å². The van der Waals surface area contributed by atoms with E-state index < -0.39 is 33.2 Å². The van der Waals surface area contributed by atoms with Crippen LogP contribution in [0, 0.1) is 5.41 Å². The monoisotopic (exact) mass is 497 g/mol. The lowest BCUT2D eigenvalue weighted by Gasteiger charge is -2.41. The summed E-state index contributed by atoms with van der Waals surface area (Å²) in [6.45, 7) is 7.27. The van der Waals surface area contributed by atoms with E-state index in [2.05, 4.69) is 35.2 Å². The zero-order valence-electron chi connectivity index (χ0n) is 18.5. The van der Waals surface area contributed by atoms with Crippen LogP contribution in [0.2, 0.25) is 0 Å². The highest BCUT2D eigenvalue weighted by Crippen LogP contribution is 2.36. The first kappa shape index (κ1) is 23.7. The van der Waals surface area contributed by atoms with Crippen LogP contribution in [0.15, 0.2) is 38.8 Å². The molecule has 4 N–H and O–H groups in total. The van der Waals surface area contributed by atoms with E-state index in [1.807, 2.05) is 5.01 Å². The fraction of sp³-hybridized carbons (Fsp3) is 0.500. The number of amidine groups is 1. The van der Waals surface area contributed by atoms with E-state index in [4.69, 9.17) is 4.55 Å². The number of rotatable bonds is 5. The molecule has 3 aliphatic rings. The lowest BCUT2D eigenvalue weighted by Crippen LogP contribution is -2.56. The smallest absolute Gasteiger partial charge is 0.286 e. The Labute approximate surface area is 195 Å². The molecule has 0 spiro atoms. The lowest BCUT2D eigenvalue weighted by atomic mass is 9.92. The maximum atomic E-state index is 13.5. The van der Waals surface area contributed by atoms with Crippen LogP contribution in [0.4, 0.5) is 11.4 Å². The number of carbonyl (C=O) groups excluding carboxylic acids is 1. The van der Waals surface area contributed by atoms with Crippen molar-refractivity contribution in [3.63, 3.8) is 0 Å². The summed E-state index contributed by atoms with van der Waals surface area (Å²) >= 11 is -2.37. The second-order valence-electron chi connectivity index (χ2n) is 9.42. The molecular formula is C20H27N5O6S2. The van der Waals surface area contributed by atoms with Crippen LogP contribution in [0.1, 0.15) is 40.0 Å². The van der Waals surface area contributed by atoms with Gasteiger partial charge >= 0.3 is 0 Å². The molecule has 1 fully saturated rings. The topological polar surface area (TPSA) is 152 Å². The molecule has 3 heterocycles. The van der Waals surface area contributed by atoms with Crippen LogP contribution in [0.25, 0.3) is 0 Å². The van der Waals surface area contributed by atoms with Crippen molar-refractivity contribution in [1.29, 1.82) is 0 Å². The van der Waals surface area contributed by atoms with Crippen LogP contribution >= 0.6 is 0 Å². The molecule has 4 rings (SSSR count). The first-order valence-electron chi connectivity index (χ1n) is 10.5. The highest BCUT2D eigenvalue weighted by molar-refractivity contribution is 7.90. The predicted molar refractivity (Wildman–Crippen MR) is 124 cm³/mol. The summed E-state index contributed by atoms with van der Waals surface area (Å²) in [6.07, 6.45) is 2.15. The van der Waals surface area contributed by atoms with Gasteiger partial charge in [-0.25, -0.2) is 9.22 Å². The molecule has 0 aromatic heterocycles. The molecule has 180 valence electrons. The minimum atomic E-state index is -4.25. The second-order valence-corrected chi connectivity index (χ2v) is 11.7. The molecule has 1 aromatic rings. The fourth-order valence-corrected chi connectivity index (χ4v) is 5.64. The van der Waals surface area contributed by atoms with Crippen LogP contribution in [-0.2, 0) is 26.1 Å². The summed E-state index contributed by atoms with van der Waals surface area (Å²) in [6, 6.07) is 3.58. The molecular weight excluding hydrogens is 470 g/mol. The van der Waals surface area contributed by atoms with E-state index in [-0.39, 0.29) is 38.9 Å². The van der Waals surface area contributed by atoms with E-state index in [1.54, 1.807) is 5.01 Å². The van der Waals surface area contributed by atoms with E-state index in [0.717, 1.165) is 12.8 Å². The number of nitrogens with one attached hydrogen (secondary N) is 2. The Bertz CT molecular complexity index is 1190. The fourth-order valence-electron chi connectivity index (χ4n) is 4.17. The van der Waals surface area contributed by atoms with Crippen LogP contribution in [-0.4, -0.2) is 63.2 Å². The highest BCUT2D eigenvalue weighted by Gasteiger charge is 2.45. The number of anilines is 2. The molecule has 33 heavy (non-hydrogen) atoms. The van der Waals surface area contributed by atoms with Crippen molar-refractivity contribution in [3.8, 4) is 0 Å². The SMILES string of the molecule is CC(C)(C)CCN1C(=O)C(C2=NS(=O)(=O)c3cc(NS(=O)O)ccc3N2)=C(O)C2CCCN21. The van der Waals surface area contributed by atoms with Gasteiger partial charge in [0, 0.05) is 18.8 Å². The number of hydrogen-bond acceptors (Lipinski definition) is 7. The average molecular weight is 498 g/mol. The van der Waals surface area contributed by atoms with Crippen molar-refractivity contribution < 1.29 is 27.1 Å². The third kappa shape index (κ3) is 4.63. The predicted octanol–water partition coefficient (Wildman–Crippen LogP) is 2.22. The Morgan fingerprint density at radius 3 is 2.73 bits per heavy atom. The van der Waals surface area contributed by atoms with Crippen LogP contribution in [0.3, 0.4) is 0 Å². The third-order valence-corrected chi connectivity index (χ3v) is 7.52. The summed E-state index contributed by atoms with van der Waals surface area (Å²) in [5, 5.41) is 17.3. The number of fused-ring (bicyclic) bond motifs is 2. The van der Waals surface area contributed by atoms with E-state index in [1.165, 1.54) is 18.2 Å². The molecule has 0 saturated carbocycles. The number of amides is 1. The van der Waals surface area contributed by atoms with Gasteiger partial charge in [-0.3, -0.25) is 19.1 Å². The molecule has 1 saturated heterocycles. The molecule has 0 aliphatic carbocycles. The quantitative estimate of drug-likeness (QED) is 0.452. The zero-order chi connectivity index (χ0) is 24.1. The number of sulfonamides is 1. The van der Waals surface area contributed by atoms with Gasteiger partial charge in [0.15, 0.2) is 5.84 Å². The minimum Gasteiger partial charge on any atom is -0.510 e. The van der Waals surface area contributed by atoms with Gasteiger partial charge in [0.2, 0.25) is 0 Å². The van der Waals surface area contributed by atoms with Gasteiger partial charge in [0.25, 0.3) is 27.2 Å². The molecule has 1 amide bonds.